The van der Waals surface area contributed by atoms with Gasteiger partial charge in [-0.1, -0.05) is 18.1 Å². The molecule has 0 bridgehead atoms. The summed E-state index contributed by atoms with van der Waals surface area (Å²) in [4.78, 5) is 36.4. The van der Waals surface area contributed by atoms with Gasteiger partial charge >= 0.3 is 11.9 Å². The number of ether oxygens (including phenoxy) is 3. The Labute approximate surface area is 196 Å². The van der Waals surface area contributed by atoms with Crippen molar-refractivity contribution < 1.29 is 28.9 Å². The predicted octanol–water partition coefficient (Wildman–Crippen LogP) is 1.92. The molecule has 0 radical (unpaired) electrons. The van der Waals surface area contributed by atoms with Crippen molar-refractivity contribution in [2.45, 2.75) is 63.2 Å². The molecule has 1 aliphatic carbocycles. The van der Waals surface area contributed by atoms with Gasteiger partial charge in [-0.2, -0.15) is 0 Å². The van der Waals surface area contributed by atoms with Crippen LogP contribution in [0.15, 0.2) is 24.8 Å². The number of aliphatic carboxylic acids is 1. The third-order valence-electron chi connectivity index (χ3n) is 6.07. The molecule has 2 aliphatic rings. The molecule has 2 aromatic heterocycles. The lowest BCUT2D eigenvalue weighted by Crippen LogP contribution is -2.32. The lowest BCUT2D eigenvalue weighted by atomic mass is 9.95. The number of carbonyl (C=O) groups is 2. The van der Waals surface area contributed by atoms with Crippen molar-refractivity contribution in [1.29, 1.82) is 0 Å². The standard InChI is InChI=1S/C23H27N5O6/c1-4-17-20(33-13(2)29)16(10-18(30)31)23(34-17)28-12-26-19-21(24-11-25-22(19)28)27-14-6-5-7-15(32-3)9-8-14/h1,8-9,11-12,14-17,20,23H,5-7,10H2,2-3H3,(H,30,31)(H,24,25,27)/t14-,15+,16-,17-,20-,23-/m1/s1. The number of carboxylic acids is 1. The Morgan fingerprint density at radius 2 is 2.15 bits per heavy atom. The molecule has 3 heterocycles. The number of esters is 1. The van der Waals surface area contributed by atoms with E-state index in [9.17, 15) is 14.7 Å². The van der Waals surface area contributed by atoms with Crippen molar-refractivity contribution in [1.82, 2.24) is 19.5 Å². The molecule has 1 aliphatic heterocycles. The van der Waals surface area contributed by atoms with Crippen molar-refractivity contribution in [3.05, 3.63) is 24.8 Å². The van der Waals surface area contributed by atoms with E-state index in [-0.39, 0.29) is 18.6 Å². The Bertz CT molecular complexity index is 1120. The van der Waals surface area contributed by atoms with Crippen molar-refractivity contribution in [3.63, 3.8) is 0 Å². The Hall–Kier alpha value is -3.49. The van der Waals surface area contributed by atoms with Gasteiger partial charge in [0.2, 0.25) is 0 Å². The number of nitrogens with zero attached hydrogens (tertiary/aromatic N) is 4. The lowest BCUT2D eigenvalue weighted by molar-refractivity contribution is -0.151. The number of carbonyl (C=O) groups excluding carboxylic acids is 1. The minimum Gasteiger partial charge on any atom is -0.481 e. The summed E-state index contributed by atoms with van der Waals surface area (Å²) in [6, 6.07) is 0.0463. The maximum atomic E-state index is 11.6. The number of fused-ring (bicyclic) bond motifs is 1. The van der Waals surface area contributed by atoms with Gasteiger partial charge in [-0.05, 0) is 19.3 Å². The van der Waals surface area contributed by atoms with E-state index in [1.165, 1.54) is 19.6 Å². The molecule has 6 atom stereocenters. The highest BCUT2D eigenvalue weighted by Crippen LogP contribution is 2.40. The van der Waals surface area contributed by atoms with Gasteiger partial charge in [0.15, 0.2) is 23.1 Å². The molecular formula is C23H27N5O6. The summed E-state index contributed by atoms with van der Waals surface area (Å²) in [5.41, 5.74) is 0.957. The van der Waals surface area contributed by atoms with Gasteiger partial charge in [0.05, 0.1) is 24.8 Å². The molecule has 0 spiro atoms. The predicted molar refractivity (Wildman–Crippen MR) is 121 cm³/mol. The zero-order valence-corrected chi connectivity index (χ0v) is 19.0. The molecule has 11 nitrogen and oxygen atoms in total. The summed E-state index contributed by atoms with van der Waals surface area (Å²) in [7, 11) is 1.70. The summed E-state index contributed by atoms with van der Waals surface area (Å²) in [6.07, 6.45) is 12.6. The zero-order valence-electron chi connectivity index (χ0n) is 19.0. The Kier molecular flexibility index (Phi) is 7.09. The highest BCUT2D eigenvalue weighted by molar-refractivity contribution is 5.83. The second-order valence-corrected chi connectivity index (χ2v) is 8.34. The third-order valence-corrected chi connectivity index (χ3v) is 6.07. The first-order valence-corrected chi connectivity index (χ1v) is 11.1. The lowest BCUT2D eigenvalue weighted by Gasteiger charge is -2.22. The van der Waals surface area contributed by atoms with Crippen molar-refractivity contribution in [2.24, 2.45) is 5.92 Å². The normalized spacial score (nSPS) is 28.9. The quantitative estimate of drug-likeness (QED) is 0.351. The fourth-order valence-electron chi connectivity index (χ4n) is 4.51. The summed E-state index contributed by atoms with van der Waals surface area (Å²) >= 11 is 0. The monoisotopic (exact) mass is 469 g/mol. The molecule has 0 aromatic carbocycles. The average molecular weight is 469 g/mol. The SMILES string of the molecule is C#C[C@H]1O[C@@H](n2cnc3c(N[C@H]4C=C[C@@H](OC)CCC4)ncnc32)[C@H](CC(=O)O)[C@H]1OC(C)=O. The van der Waals surface area contributed by atoms with Crippen molar-refractivity contribution >= 4 is 28.9 Å². The second kappa shape index (κ2) is 10.2. The van der Waals surface area contributed by atoms with Crippen molar-refractivity contribution in [3.8, 4) is 12.3 Å². The number of carboxylic acid groups (broad SMARTS) is 1. The van der Waals surface area contributed by atoms with E-state index in [1.807, 2.05) is 6.08 Å². The number of aromatic nitrogens is 4. The molecule has 2 aromatic rings. The molecule has 1 saturated heterocycles. The molecule has 0 unspecified atom stereocenters. The number of methoxy groups -OCH3 is 1. The largest absolute Gasteiger partial charge is 0.481 e. The molecule has 0 amide bonds. The van der Waals surface area contributed by atoms with Crippen LogP contribution in [0.3, 0.4) is 0 Å². The Morgan fingerprint density at radius 1 is 1.32 bits per heavy atom. The molecule has 34 heavy (non-hydrogen) atoms. The Balaban J connectivity index is 1.65. The Morgan fingerprint density at radius 3 is 2.85 bits per heavy atom. The minimum atomic E-state index is -1.07. The van der Waals surface area contributed by atoms with E-state index >= 15 is 0 Å². The first kappa shape index (κ1) is 23.7. The van der Waals surface area contributed by atoms with Gasteiger partial charge in [-0.15, -0.1) is 6.42 Å². The van der Waals surface area contributed by atoms with Gasteiger partial charge < -0.3 is 24.6 Å². The molecule has 11 heteroatoms. The smallest absolute Gasteiger partial charge is 0.303 e. The zero-order chi connectivity index (χ0) is 24.2. The first-order valence-electron chi connectivity index (χ1n) is 11.1. The van der Waals surface area contributed by atoms with Crippen LogP contribution in [0.25, 0.3) is 11.2 Å². The van der Waals surface area contributed by atoms with Crippen LogP contribution < -0.4 is 5.32 Å². The number of imidazole rings is 1. The average Bonchev–Trinajstić information content (AvgIpc) is 3.28. The van der Waals surface area contributed by atoms with Crippen LogP contribution >= 0.6 is 0 Å². The summed E-state index contributed by atoms with van der Waals surface area (Å²) in [5, 5.41) is 12.9. The molecule has 180 valence electrons. The van der Waals surface area contributed by atoms with Crippen LogP contribution in [0, 0.1) is 18.3 Å². The maximum Gasteiger partial charge on any atom is 0.303 e. The van der Waals surface area contributed by atoms with Crippen LogP contribution in [-0.4, -0.2) is 68.0 Å². The highest BCUT2D eigenvalue weighted by atomic mass is 16.6. The van der Waals surface area contributed by atoms with Gasteiger partial charge in [0.25, 0.3) is 0 Å². The number of nitrogens with one attached hydrogen (secondary N) is 1. The van der Waals surface area contributed by atoms with E-state index in [0.717, 1.165) is 19.3 Å². The number of terminal acetylenes is 1. The fraction of sp³-hybridized carbons (Fsp3) is 0.522. The van der Waals surface area contributed by atoms with E-state index < -0.39 is 36.3 Å². The summed E-state index contributed by atoms with van der Waals surface area (Å²) in [6.45, 7) is 1.24. The maximum absolute atomic E-state index is 11.6. The van der Waals surface area contributed by atoms with Gasteiger partial charge in [0, 0.05) is 20.1 Å². The summed E-state index contributed by atoms with van der Waals surface area (Å²) < 4.78 is 18.4. The second-order valence-electron chi connectivity index (χ2n) is 8.34. The van der Waals surface area contributed by atoms with Gasteiger partial charge in [-0.25, -0.2) is 15.0 Å². The van der Waals surface area contributed by atoms with E-state index in [4.69, 9.17) is 20.6 Å². The first-order chi connectivity index (χ1) is 16.4. The van der Waals surface area contributed by atoms with Crippen LogP contribution in [-0.2, 0) is 23.8 Å². The molecule has 2 N–H and O–H groups in total. The summed E-state index contributed by atoms with van der Waals surface area (Å²) in [5.74, 6) is 0.634. The van der Waals surface area contributed by atoms with Crippen LogP contribution in [0.2, 0.25) is 0 Å². The van der Waals surface area contributed by atoms with Crippen LogP contribution in [0.5, 0.6) is 0 Å². The molecule has 1 fully saturated rings. The number of hydrogen-bond acceptors (Lipinski definition) is 9. The van der Waals surface area contributed by atoms with E-state index in [2.05, 4.69) is 32.3 Å². The number of hydrogen-bond donors (Lipinski definition) is 2. The fourth-order valence-corrected chi connectivity index (χ4v) is 4.51. The molecule has 4 rings (SSSR count). The topological polar surface area (TPSA) is 138 Å². The molecular weight excluding hydrogens is 442 g/mol. The number of rotatable bonds is 7. The van der Waals surface area contributed by atoms with Crippen molar-refractivity contribution in [2.75, 3.05) is 12.4 Å². The number of anilines is 1. The minimum absolute atomic E-state index is 0.0463. The van der Waals surface area contributed by atoms with Crippen LogP contribution in [0.1, 0.15) is 38.8 Å². The third kappa shape index (κ3) is 4.88. The van der Waals surface area contributed by atoms with E-state index in [1.54, 1.807) is 11.7 Å². The van der Waals surface area contributed by atoms with Gasteiger partial charge in [-0.3, -0.25) is 14.2 Å². The van der Waals surface area contributed by atoms with Crippen LogP contribution in [0.4, 0.5) is 5.82 Å². The molecule has 0 saturated carbocycles. The van der Waals surface area contributed by atoms with Gasteiger partial charge in [0.1, 0.15) is 18.7 Å². The highest BCUT2D eigenvalue weighted by Gasteiger charge is 2.48. The van der Waals surface area contributed by atoms with E-state index in [0.29, 0.717) is 17.0 Å².